The minimum absolute atomic E-state index is 0.00101. The van der Waals surface area contributed by atoms with Gasteiger partial charge in [-0.05, 0) is 42.0 Å². The summed E-state index contributed by atoms with van der Waals surface area (Å²) < 4.78 is 0. The summed E-state index contributed by atoms with van der Waals surface area (Å²) in [7, 11) is 0. The zero-order chi connectivity index (χ0) is 24.8. The Kier molecular flexibility index (Phi) is 6.83. The minimum atomic E-state index is -0.499. The summed E-state index contributed by atoms with van der Waals surface area (Å²) in [6, 6.07) is 22.4. The largest absolute Gasteiger partial charge is 0.329 e. The van der Waals surface area contributed by atoms with Crippen LogP contribution in [0.3, 0.4) is 0 Å². The number of nitrogens with one attached hydrogen (secondary N) is 3. The monoisotopic (exact) mass is 467 g/mol. The first kappa shape index (κ1) is 23.2. The molecule has 35 heavy (non-hydrogen) atoms. The highest BCUT2D eigenvalue weighted by Crippen LogP contribution is 2.27. The van der Waals surface area contributed by atoms with Gasteiger partial charge >= 0.3 is 6.03 Å². The molecule has 0 atom stereocenters. The Balaban J connectivity index is 1.39. The zero-order valence-corrected chi connectivity index (χ0v) is 18.6. The average Bonchev–Trinajstić information content (AvgIpc) is 3.20. The molecule has 9 nitrogen and oxygen atoms in total. The summed E-state index contributed by atoms with van der Waals surface area (Å²) >= 11 is 0. The molecule has 3 N–H and O–H groups in total. The van der Waals surface area contributed by atoms with Crippen LogP contribution in [0.5, 0.6) is 0 Å². The van der Waals surface area contributed by atoms with Crippen LogP contribution in [-0.4, -0.2) is 41.7 Å². The van der Waals surface area contributed by atoms with Gasteiger partial charge < -0.3 is 16.0 Å². The van der Waals surface area contributed by atoms with Gasteiger partial charge in [0.15, 0.2) is 0 Å². The number of nitrogens with zero attached hydrogens (tertiary/aromatic N) is 2. The van der Waals surface area contributed by atoms with Crippen molar-refractivity contribution < 1.29 is 19.2 Å². The molecular weight excluding hydrogens is 446 g/mol. The fourth-order valence-corrected chi connectivity index (χ4v) is 3.69. The Morgan fingerprint density at radius 1 is 0.886 bits per heavy atom. The van der Waals surface area contributed by atoms with E-state index in [9.17, 15) is 24.4 Å². The van der Waals surface area contributed by atoms with Crippen LogP contribution in [0.25, 0.3) is 11.1 Å². The van der Waals surface area contributed by atoms with Crippen LogP contribution >= 0.6 is 0 Å². The molecule has 1 heterocycles. The number of nitriles is 1. The van der Waals surface area contributed by atoms with E-state index in [4.69, 9.17) is 0 Å². The molecule has 1 aliphatic rings. The van der Waals surface area contributed by atoms with Crippen molar-refractivity contribution in [2.45, 2.75) is 6.42 Å². The van der Waals surface area contributed by atoms with Crippen molar-refractivity contribution in [1.29, 1.82) is 5.26 Å². The van der Waals surface area contributed by atoms with Gasteiger partial charge in [0.25, 0.3) is 5.91 Å². The summed E-state index contributed by atoms with van der Waals surface area (Å²) in [5, 5.41) is 17.4. The predicted molar refractivity (Wildman–Crippen MR) is 129 cm³/mol. The highest BCUT2D eigenvalue weighted by Gasteiger charge is 2.28. The van der Waals surface area contributed by atoms with Gasteiger partial charge in [0, 0.05) is 35.5 Å². The molecule has 174 valence electrons. The van der Waals surface area contributed by atoms with Crippen molar-refractivity contribution in [3.63, 3.8) is 0 Å². The van der Waals surface area contributed by atoms with E-state index in [1.807, 2.05) is 12.1 Å². The Labute approximate surface area is 201 Å². The van der Waals surface area contributed by atoms with Crippen molar-refractivity contribution in [3.05, 3.63) is 83.9 Å². The fraction of sp³-hybridized carbons (Fsp3) is 0.115. The van der Waals surface area contributed by atoms with Crippen LogP contribution in [0.15, 0.2) is 72.8 Å². The maximum Gasteiger partial charge on any atom is 0.324 e. The number of hydrogen-bond donors (Lipinski definition) is 3. The molecule has 0 unspecified atom stereocenters. The van der Waals surface area contributed by atoms with E-state index in [2.05, 4.69) is 22.0 Å². The summed E-state index contributed by atoms with van der Waals surface area (Å²) in [6.07, 6.45) is -0.0292. The maximum absolute atomic E-state index is 13.0. The normalized spacial score (nSPS) is 12.6. The van der Waals surface area contributed by atoms with Gasteiger partial charge in [-0.1, -0.05) is 36.4 Å². The van der Waals surface area contributed by atoms with Crippen molar-refractivity contribution in [2.75, 3.05) is 23.7 Å². The Hall–Kier alpha value is -4.97. The smallest absolute Gasteiger partial charge is 0.324 e. The number of amides is 5. The van der Waals surface area contributed by atoms with Crippen LogP contribution in [0.1, 0.15) is 22.3 Å². The van der Waals surface area contributed by atoms with E-state index in [1.54, 1.807) is 60.7 Å². The third kappa shape index (κ3) is 5.34. The van der Waals surface area contributed by atoms with Crippen LogP contribution in [0, 0.1) is 11.3 Å². The molecular formula is C26H21N5O4. The molecule has 1 fully saturated rings. The average molecular weight is 467 g/mol. The number of urea groups is 1. The number of imide groups is 1. The molecule has 3 aromatic carbocycles. The van der Waals surface area contributed by atoms with Gasteiger partial charge in [-0.2, -0.15) is 5.26 Å². The lowest BCUT2D eigenvalue weighted by Crippen LogP contribution is -2.33. The van der Waals surface area contributed by atoms with E-state index in [0.29, 0.717) is 33.6 Å². The molecule has 3 aromatic rings. The molecule has 0 radical (unpaired) electrons. The third-order valence-electron chi connectivity index (χ3n) is 5.44. The first-order chi connectivity index (χ1) is 17.0. The SMILES string of the molecule is N#Cc1ccccc1-c1ccccc1C(=O)Nc1ccc(NC(=O)CCN2C(=O)CNC2=O)cc1. The molecule has 5 amide bonds. The third-order valence-corrected chi connectivity index (χ3v) is 5.44. The number of rotatable bonds is 7. The Morgan fingerprint density at radius 2 is 1.51 bits per heavy atom. The molecule has 4 rings (SSSR count). The van der Waals surface area contributed by atoms with E-state index in [0.717, 1.165) is 4.90 Å². The van der Waals surface area contributed by atoms with Gasteiger partial charge in [-0.3, -0.25) is 19.3 Å². The second-order valence-electron chi connectivity index (χ2n) is 7.74. The lowest BCUT2D eigenvalue weighted by molar-refractivity contribution is -0.125. The molecule has 1 saturated heterocycles. The number of benzene rings is 3. The first-order valence-corrected chi connectivity index (χ1v) is 10.8. The van der Waals surface area contributed by atoms with E-state index in [1.165, 1.54) is 0 Å². The number of carbonyl (C=O) groups excluding carboxylic acids is 4. The molecule has 0 aromatic heterocycles. The number of anilines is 2. The standard InChI is InChI=1S/C26H21N5O4/c27-15-17-5-1-2-6-20(17)21-7-3-4-8-22(21)25(34)30-19-11-9-18(10-12-19)29-23(32)13-14-31-24(33)16-28-26(31)35/h1-12H,13-14,16H2,(H,28,35)(H,29,32)(H,30,34). The zero-order valence-electron chi connectivity index (χ0n) is 18.6. The van der Waals surface area contributed by atoms with E-state index in [-0.39, 0.29) is 37.2 Å². The molecule has 0 aliphatic carbocycles. The van der Waals surface area contributed by atoms with Crippen molar-refractivity contribution in [2.24, 2.45) is 0 Å². The molecule has 1 aliphatic heterocycles. The van der Waals surface area contributed by atoms with Crippen molar-refractivity contribution in [1.82, 2.24) is 10.2 Å². The van der Waals surface area contributed by atoms with E-state index < -0.39 is 6.03 Å². The summed E-state index contributed by atoms with van der Waals surface area (Å²) in [6.45, 7) is -0.0536. The Bertz CT molecular complexity index is 1330. The molecule has 9 heteroatoms. The van der Waals surface area contributed by atoms with Crippen molar-refractivity contribution >= 4 is 35.1 Å². The van der Waals surface area contributed by atoms with Gasteiger partial charge in [0.05, 0.1) is 18.2 Å². The quantitative estimate of drug-likeness (QED) is 0.459. The topological polar surface area (TPSA) is 131 Å². The highest BCUT2D eigenvalue weighted by atomic mass is 16.2. The number of carbonyl (C=O) groups is 4. The van der Waals surface area contributed by atoms with Gasteiger partial charge in [-0.15, -0.1) is 0 Å². The van der Waals surface area contributed by atoms with Gasteiger partial charge in [-0.25, -0.2) is 4.79 Å². The summed E-state index contributed by atoms with van der Waals surface area (Å²) in [4.78, 5) is 49.3. The van der Waals surface area contributed by atoms with Crippen LogP contribution in [0.2, 0.25) is 0 Å². The van der Waals surface area contributed by atoms with Gasteiger partial charge in [0.2, 0.25) is 11.8 Å². The lowest BCUT2D eigenvalue weighted by Gasteiger charge is -2.13. The first-order valence-electron chi connectivity index (χ1n) is 10.8. The molecule has 0 saturated carbocycles. The summed E-state index contributed by atoms with van der Waals surface area (Å²) in [5.74, 6) is -1.04. The van der Waals surface area contributed by atoms with E-state index >= 15 is 0 Å². The van der Waals surface area contributed by atoms with Crippen LogP contribution < -0.4 is 16.0 Å². The fourth-order valence-electron chi connectivity index (χ4n) is 3.69. The maximum atomic E-state index is 13.0. The predicted octanol–water partition coefficient (Wildman–Crippen LogP) is 3.36. The second kappa shape index (κ2) is 10.3. The molecule has 0 bridgehead atoms. The van der Waals surface area contributed by atoms with Gasteiger partial charge in [0.1, 0.15) is 0 Å². The second-order valence-corrected chi connectivity index (χ2v) is 7.74. The van der Waals surface area contributed by atoms with Crippen LogP contribution in [0.4, 0.5) is 16.2 Å². The van der Waals surface area contributed by atoms with Crippen LogP contribution in [-0.2, 0) is 9.59 Å². The lowest BCUT2D eigenvalue weighted by atomic mass is 9.95. The Morgan fingerprint density at radius 3 is 2.17 bits per heavy atom. The number of hydrogen-bond acceptors (Lipinski definition) is 5. The summed E-state index contributed by atoms with van der Waals surface area (Å²) in [5.41, 5.74) is 3.25. The minimum Gasteiger partial charge on any atom is -0.329 e. The highest BCUT2D eigenvalue weighted by molar-refractivity contribution is 6.09. The van der Waals surface area contributed by atoms with Crippen molar-refractivity contribution in [3.8, 4) is 17.2 Å². The molecule has 0 spiro atoms.